The minimum atomic E-state index is -0.535. The van der Waals surface area contributed by atoms with Gasteiger partial charge >= 0.3 is 0 Å². The van der Waals surface area contributed by atoms with Gasteiger partial charge < -0.3 is 20.6 Å². The van der Waals surface area contributed by atoms with Gasteiger partial charge in [-0.15, -0.1) is 0 Å². The van der Waals surface area contributed by atoms with Gasteiger partial charge in [-0.25, -0.2) is 0 Å². The summed E-state index contributed by atoms with van der Waals surface area (Å²) in [5.41, 5.74) is 1.58. The molecule has 0 fully saturated rings. The molecule has 0 amide bonds. The van der Waals surface area contributed by atoms with Crippen LogP contribution in [0.25, 0.3) is 0 Å². The van der Waals surface area contributed by atoms with Crippen molar-refractivity contribution < 1.29 is 5.11 Å². The van der Waals surface area contributed by atoms with E-state index >= 15 is 0 Å². The van der Waals surface area contributed by atoms with Crippen LogP contribution in [0.15, 0.2) is 39.8 Å². The van der Waals surface area contributed by atoms with Crippen molar-refractivity contribution in [1.82, 2.24) is 9.88 Å². The summed E-state index contributed by atoms with van der Waals surface area (Å²) < 4.78 is 0. The minimum Gasteiger partial charge on any atom is -0.511 e. The molecular weight excluding hydrogens is 368 g/mol. The fraction of sp³-hybridized carbons (Fsp3) is 0.500. The lowest BCUT2D eigenvalue weighted by molar-refractivity contribution is 0.401. The Labute approximate surface area is 172 Å². The number of anilines is 2. The normalized spacial score (nSPS) is 11.9. The SMILES string of the molecule is CCCCCCNc1c(NC/C(O)=C/Cc2cc(CN(C)C)ccn2)c(=O)c1=O. The largest absolute Gasteiger partial charge is 0.511 e. The molecule has 0 atom stereocenters. The van der Waals surface area contributed by atoms with Crippen LogP contribution in [0.3, 0.4) is 0 Å². The number of aliphatic hydroxyl groups excluding tert-OH is 1. The highest BCUT2D eigenvalue weighted by Crippen LogP contribution is 2.15. The standard InChI is InChI=1S/C22H32N4O3/c1-4-5-6-7-11-24-19-20(22(29)21(19)28)25-14-18(27)9-8-17-13-16(10-12-23-17)15-26(2)3/h9-10,12-13,24-25,27H,4-8,11,14-15H2,1-3H3/b18-9-. The van der Waals surface area contributed by atoms with E-state index in [0.29, 0.717) is 18.7 Å². The lowest BCUT2D eigenvalue weighted by Crippen LogP contribution is -2.37. The molecular formula is C22H32N4O3. The molecule has 29 heavy (non-hydrogen) atoms. The number of pyridine rings is 1. The number of nitrogens with zero attached hydrogens (tertiary/aromatic N) is 2. The average molecular weight is 401 g/mol. The number of aromatic nitrogens is 1. The Kier molecular flexibility index (Phi) is 8.86. The van der Waals surface area contributed by atoms with Gasteiger partial charge in [-0.2, -0.15) is 0 Å². The molecule has 0 radical (unpaired) electrons. The van der Waals surface area contributed by atoms with E-state index in [4.69, 9.17) is 0 Å². The lowest BCUT2D eigenvalue weighted by atomic mass is 10.1. The maximum absolute atomic E-state index is 11.8. The first kappa shape index (κ1) is 22.6. The van der Waals surface area contributed by atoms with Crippen molar-refractivity contribution in [3.63, 3.8) is 0 Å². The predicted octanol–water partition coefficient (Wildman–Crippen LogP) is 2.83. The van der Waals surface area contributed by atoms with Crippen molar-refractivity contribution in [2.24, 2.45) is 0 Å². The zero-order valence-electron chi connectivity index (χ0n) is 17.6. The average Bonchev–Trinajstić information content (AvgIpc) is 2.70. The van der Waals surface area contributed by atoms with Gasteiger partial charge in [0, 0.05) is 31.4 Å². The fourth-order valence-electron chi connectivity index (χ4n) is 3.07. The van der Waals surface area contributed by atoms with E-state index in [1.54, 1.807) is 12.3 Å². The first-order valence-electron chi connectivity index (χ1n) is 10.2. The molecule has 0 spiro atoms. The third-order valence-corrected chi connectivity index (χ3v) is 4.62. The molecule has 1 heterocycles. The van der Waals surface area contributed by atoms with Crippen LogP contribution >= 0.6 is 0 Å². The molecule has 0 aliphatic carbocycles. The van der Waals surface area contributed by atoms with E-state index in [9.17, 15) is 14.7 Å². The van der Waals surface area contributed by atoms with Gasteiger partial charge in [-0.05, 0) is 44.3 Å². The zero-order chi connectivity index (χ0) is 21.2. The summed E-state index contributed by atoms with van der Waals surface area (Å²) in [6.45, 7) is 3.72. The number of rotatable bonds is 13. The Morgan fingerprint density at radius 2 is 1.86 bits per heavy atom. The third-order valence-electron chi connectivity index (χ3n) is 4.62. The number of allylic oxidation sites excluding steroid dienone is 1. The summed E-state index contributed by atoms with van der Waals surface area (Å²) in [6, 6.07) is 3.98. The monoisotopic (exact) mass is 400 g/mol. The van der Waals surface area contributed by atoms with E-state index in [1.807, 2.05) is 26.2 Å². The number of hydrogen-bond acceptors (Lipinski definition) is 7. The quantitative estimate of drug-likeness (QED) is 0.270. The zero-order valence-corrected chi connectivity index (χ0v) is 17.6. The summed E-state index contributed by atoms with van der Waals surface area (Å²) in [5.74, 6) is 0.103. The Balaban J connectivity index is 1.86. The van der Waals surface area contributed by atoms with Crippen molar-refractivity contribution in [3.05, 3.63) is 61.9 Å². The van der Waals surface area contributed by atoms with Gasteiger partial charge in [-0.1, -0.05) is 26.2 Å². The van der Waals surface area contributed by atoms with Gasteiger partial charge in [0.15, 0.2) is 0 Å². The fourth-order valence-corrected chi connectivity index (χ4v) is 3.07. The van der Waals surface area contributed by atoms with Crippen molar-refractivity contribution in [2.45, 2.75) is 45.6 Å². The molecule has 0 unspecified atom stereocenters. The molecule has 0 saturated heterocycles. The van der Waals surface area contributed by atoms with Gasteiger partial charge in [0.1, 0.15) is 17.1 Å². The summed E-state index contributed by atoms with van der Waals surface area (Å²) >= 11 is 0. The minimum absolute atomic E-state index is 0.0900. The van der Waals surface area contributed by atoms with Gasteiger partial charge in [0.2, 0.25) is 0 Å². The van der Waals surface area contributed by atoms with Crippen LogP contribution in [0.2, 0.25) is 0 Å². The molecule has 0 bridgehead atoms. The second-order valence-electron chi connectivity index (χ2n) is 7.54. The van der Waals surface area contributed by atoms with Crippen LogP contribution in [-0.2, 0) is 13.0 Å². The number of nitrogens with one attached hydrogen (secondary N) is 2. The van der Waals surface area contributed by atoms with Gasteiger partial charge in [-0.3, -0.25) is 14.6 Å². The topological polar surface area (TPSA) is 94.6 Å². The maximum atomic E-state index is 11.8. The smallest absolute Gasteiger partial charge is 0.253 e. The van der Waals surface area contributed by atoms with Crippen LogP contribution < -0.4 is 21.5 Å². The molecule has 158 valence electrons. The number of hydrogen-bond donors (Lipinski definition) is 3. The summed E-state index contributed by atoms with van der Waals surface area (Å²) in [4.78, 5) is 30.0. The van der Waals surface area contributed by atoms with E-state index < -0.39 is 10.9 Å². The first-order valence-corrected chi connectivity index (χ1v) is 10.2. The van der Waals surface area contributed by atoms with Crippen LogP contribution in [-0.4, -0.2) is 42.2 Å². The van der Waals surface area contributed by atoms with Crippen molar-refractivity contribution >= 4 is 11.4 Å². The van der Waals surface area contributed by atoms with Crippen LogP contribution in [0.4, 0.5) is 11.4 Å². The van der Waals surface area contributed by atoms with Crippen molar-refractivity contribution in [2.75, 3.05) is 37.8 Å². The highest BCUT2D eigenvalue weighted by atomic mass is 16.3. The van der Waals surface area contributed by atoms with E-state index in [1.165, 1.54) is 0 Å². The van der Waals surface area contributed by atoms with Crippen molar-refractivity contribution in [1.29, 1.82) is 0 Å². The molecule has 7 nitrogen and oxygen atoms in total. The second-order valence-corrected chi connectivity index (χ2v) is 7.54. The Morgan fingerprint density at radius 3 is 2.55 bits per heavy atom. The lowest BCUT2D eigenvalue weighted by Gasteiger charge is -2.14. The molecule has 0 aliphatic rings. The molecule has 0 aliphatic heterocycles. The summed E-state index contributed by atoms with van der Waals surface area (Å²) in [5, 5.41) is 16.0. The molecule has 7 heteroatoms. The van der Waals surface area contributed by atoms with Crippen LogP contribution in [0, 0.1) is 0 Å². The highest BCUT2D eigenvalue weighted by molar-refractivity contribution is 5.74. The Hall–Kier alpha value is -2.67. The molecule has 2 rings (SSSR count). The second kappa shape index (κ2) is 11.4. The highest BCUT2D eigenvalue weighted by Gasteiger charge is 2.20. The van der Waals surface area contributed by atoms with Crippen molar-refractivity contribution in [3.8, 4) is 0 Å². The summed E-state index contributed by atoms with van der Waals surface area (Å²) in [6.07, 6.45) is 8.27. The molecule has 3 N–H and O–H groups in total. The first-order chi connectivity index (χ1) is 13.9. The summed E-state index contributed by atoms with van der Waals surface area (Å²) in [7, 11) is 4.01. The van der Waals surface area contributed by atoms with Crippen LogP contribution in [0.5, 0.6) is 0 Å². The predicted molar refractivity (Wildman–Crippen MR) is 119 cm³/mol. The Bertz CT molecular complexity index is 882. The number of aliphatic hydroxyl groups is 1. The van der Waals surface area contributed by atoms with E-state index in [2.05, 4.69) is 27.4 Å². The van der Waals surface area contributed by atoms with Gasteiger partial charge in [0.25, 0.3) is 10.9 Å². The molecule has 2 aromatic rings. The third kappa shape index (κ3) is 7.02. The molecule has 0 saturated carbocycles. The molecule has 1 aromatic carbocycles. The maximum Gasteiger partial charge on any atom is 0.253 e. The van der Waals surface area contributed by atoms with E-state index in [-0.39, 0.29) is 18.0 Å². The Morgan fingerprint density at radius 1 is 1.14 bits per heavy atom. The van der Waals surface area contributed by atoms with E-state index in [0.717, 1.165) is 43.5 Å². The molecule has 1 aromatic heterocycles. The number of unbranched alkanes of at least 4 members (excludes halogenated alkanes) is 3. The van der Waals surface area contributed by atoms with Gasteiger partial charge in [0.05, 0.1) is 6.54 Å². The van der Waals surface area contributed by atoms with Crippen LogP contribution in [0.1, 0.15) is 43.9 Å².